The zero-order chi connectivity index (χ0) is 26.7. The molecular formula is C31H35N5O2. The van der Waals surface area contributed by atoms with E-state index in [2.05, 4.69) is 50.0 Å². The molecule has 1 saturated heterocycles. The summed E-state index contributed by atoms with van der Waals surface area (Å²) in [5.41, 5.74) is 4.64. The third-order valence-electron chi connectivity index (χ3n) is 6.93. The molecule has 2 aromatic carbocycles. The van der Waals surface area contributed by atoms with Crippen molar-refractivity contribution < 1.29 is 9.53 Å². The van der Waals surface area contributed by atoms with Crippen molar-refractivity contribution in [1.82, 2.24) is 24.4 Å². The molecule has 0 saturated carbocycles. The number of rotatable bonds is 6. The number of methoxy groups -OCH3 is 1. The maximum atomic E-state index is 13.9. The number of aromatic nitrogens is 3. The molecule has 7 nitrogen and oxygen atoms in total. The lowest BCUT2D eigenvalue weighted by atomic mass is 9.93. The van der Waals surface area contributed by atoms with E-state index >= 15 is 0 Å². The van der Waals surface area contributed by atoms with Gasteiger partial charge in [0.15, 0.2) is 5.65 Å². The molecule has 3 heterocycles. The largest absolute Gasteiger partial charge is 0.496 e. The second kappa shape index (κ2) is 10.8. The molecule has 1 amide bonds. The molecule has 1 aliphatic heterocycles. The van der Waals surface area contributed by atoms with Crippen LogP contribution < -0.4 is 4.74 Å². The first-order valence-corrected chi connectivity index (χ1v) is 13.1. The first-order valence-electron chi connectivity index (χ1n) is 13.1. The van der Waals surface area contributed by atoms with E-state index in [1.165, 1.54) is 5.56 Å². The number of ether oxygens (including phenoxy) is 1. The van der Waals surface area contributed by atoms with Crippen molar-refractivity contribution in [2.24, 2.45) is 0 Å². The van der Waals surface area contributed by atoms with Crippen LogP contribution in [0.5, 0.6) is 5.75 Å². The van der Waals surface area contributed by atoms with Gasteiger partial charge in [-0.25, -0.2) is 9.50 Å². The summed E-state index contributed by atoms with van der Waals surface area (Å²) in [6.07, 6.45) is 4.34. The first-order chi connectivity index (χ1) is 18.3. The number of piperazine rings is 1. The smallest absolute Gasteiger partial charge is 0.272 e. The Kier molecular flexibility index (Phi) is 7.29. The predicted molar refractivity (Wildman–Crippen MR) is 151 cm³/mol. The molecule has 2 aromatic heterocycles. The molecule has 5 rings (SSSR count). The molecule has 4 aromatic rings. The monoisotopic (exact) mass is 509 g/mol. The van der Waals surface area contributed by atoms with E-state index in [9.17, 15) is 4.79 Å². The molecule has 0 spiro atoms. The number of nitrogens with zero attached hydrogens (tertiary/aromatic N) is 5. The van der Waals surface area contributed by atoms with Gasteiger partial charge in [-0.15, -0.1) is 0 Å². The number of carbonyl (C=O) groups is 1. The van der Waals surface area contributed by atoms with Gasteiger partial charge in [0.05, 0.1) is 18.5 Å². The SMILES string of the molecule is COc1ccccc1-c1cc(C(=O)N2CCN(C/C=C/c3ccccc3)CC2)n2nc(C(C)(C)C)cc2n1. The maximum Gasteiger partial charge on any atom is 0.272 e. The van der Waals surface area contributed by atoms with Gasteiger partial charge in [0.2, 0.25) is 0 Å². The minimum absolute atomic E-state index is 0.0309. The summed E-state index contributed by atoms with van der Waals surface area (Å²) in [5.74, 6) is 0.687. The van der Waals surface area contributed by atoms with Gasteiger partial charge >= 0.3 is 0 Å². The Morgan fingerprint density at radius 3 is 2.39 bits per heavy atom. The fraction of sp³-hybridized carbons (Fsp3) is 0.323. The van der Waals surface area contributed by atoms with E-state index < -0.39 is 0 Å². The van der Waals surface area contributed by atoms with Crippen LogP contribution in [0.25, 0.3) is 23.0 Å². The van der Waals surface area contributed by atoms with Gasteiger partial charge < -0.3 is 9.64 Å². The summed E-state index contributed by atoms with van der Waals surface area (Å²) >= 11 is 0. The Labute approximate surface area is 224 Å². The van der Waals surface area contributed by atoms with Crippen molar-refractivity contribution in [3.63, 3.8) is 0 Å². The highest BCUT2D eigenvalue weighted by atomic mass is 16.5. The number of amides is 1. The van der Waals surface area contributed by atoms with Gasteiger partial charge in [0, 0.05) is 49.8 Å². The van der Waals surface area contributed by atoms with Gasteiger partial charge in [-0.2, -0.15) is 5.10 Å². The van der Waals surface area contributed by atoms with Crippen molar-refractivity contribution >= 4 is 17.6 Å². The highest BCUT2D eigenvalue weighted by Gasteiger charge is 2.27. The average molecular weight is 510 g/mol. The summed E-state index contributed by atoms with van der Waals surface area (Å²) in [4.78, 5) is 23.1. The van der Waals surface area contributed by atoms with Crippen molar-refractivity contribution in [3.05, 3.63) is 89.8 Å². The lowest BCUT2D eigenvalue weighted by Gasteiger charge is -2.34. The van der Waals surface area contributed by atoms with Crippen LogP contribution in [0.1, 0.15) is 42.5 Å². The van der Waals surface area contributed by atoms with Crippen LogP contribution in [0, 0.1) is 0 Å². The number of hydrogen-bond donors (Lipinski definition) is 0. The summed E-state index contributed by atoms with van der Waals surface area (Å²) in [6.45, 7) is 10.2. The first kappa shape index (κ1) is 25.7. The van der Waals surface area contributed by atoms with Gasteiger partial charge in [0.25, 0.3) is 5.91 Å². The number of hydrogen-bond acceptors (Lipinski definition) is 5. The normalized spacial score (nSPS) is 14.9. The van der Waals surface area contributed by atoms with Gasteiger partial charge in [-0.1, -0.05) is 75.4 Å². The molecule has 38 heavy (non-hydrogen) atoms. The van der Waals surface area contributed by atoms with Crippen LogP contribution in [-0.2, 0) is 5.41 Å². The Morgan fingerprint density at radius 1 is 0.974 bits per heavy atom. The van der Waals surface area contributed by atoms with E-state index in [0.717, 1.165) is 36.6 Å². The van der Waals surface area contributed by atoms with Crippen molar-refractivity contribution in [2.45, 2.75) is 26.2 Å². The van der Waals surface area contributed by atoms with E-state index in [0.29, 0.717) is 30.1 Å². The summed E-state index contributed by atoms with van der Waals surface area (Å²) in [5, 5.41) is 4.82. The molecule has 196 valence electrons. The van der Waals surface area contributed by atoms with Crippen molar-refractivity contribution in [1.29, 1.82) is 0 Å². The second-order valence-corrected chi connectivity index (χ2v) is 10.7. The van der Waals surface area contributed by atoms with E-state index in [-0.39, 0.29) is 11.3 Å². The minimum Gasteiger partial charge on any atom is -0.496 e. The molecular weight excluding hydrogens is 474 g/mol. The predicted octanol–water partition coefficient (Wildman–Crippen LogP) is 5.17. The Morgan fingerprint density at radius 2 is 1.68 bits per heavy atom. The lowest BCUT2D eigenvalue weighted by molar-refractivity contribution is 0.0641. The van der Waals surface area contributed by atoms with E-state index in [1.54, 1.807) is 11.6 Å². The molecule has 0 unspecified atom stereocenters. The lowest BCUT2D eigenvalue weighted by Crippen LogP contribution is -2.49. The number of para-hydroxylation sites is 1. The highest BCUT2D eigenvalue weighted by Crippen LogP contribution is 2.31. The zero-order valence-electron chi connectivity index (χ0n) is 22.6. The molecule has 7 heteroatoms. The van der Waals surface area contributed by atoms with Crippen LogP contribution in [0.3, 0.4) is 0 Å². The summed E-state index contributed by atoms with van der Waals surface area (Å²) < 4.78 is 7.30. The van der Waals surface area contributed by atoms with Crippen LogP contribution in [0.15, 0.2) is 72.8 Å². The van der Waals surface area contributed by atoms with Crippen LogP contribution in [0.4, 0.5) is 0 Å². The van der Waals surface area contributed by atoms with Crippen LogP contribution in [-0.4, -0.2) is 70.1 Å². The van der Waals surface area contributed by atoms with Crippen molar-refractivity contribution in [3.8, 4) is 17.0 Å². The molecule has 0 bridgehead atoms. The molecule has 1 aliphatic rings. The topological polar surface area (TPSA) is 63.0 Å². The number of fused-ring (bicyclic) bond motifs is 1. The van der Waals surface area contributed by atoms with Gasteiger partial charge in [0.1, 0.15) is 11.4 Å². The Bertz CT molecular complexity index is 1440. The zero-order valence-corrected chi connectivity index (χ0v) is 22.6. The number of carbonyl (C=O) groups excluding carboxylic acids is 1. The molecule has 1 fully saturated rings. The number of benzene rings is 2. The fourth-order valence-electron chi connectivity index (χ4n) is 4.69. The quantitative estimate of drug-likeness (QED) is 0.359. The van der Waals surface area contributed by atoms with Crippen LogP contribution in [0.2, 0.25) is 0 Å². The summed E-state index contributed by atoms with van der Waals surface area (Å²) in [6, 6.07) is 21.9. The van der Waals surface area contributed by atoms with E-state index in [1.807, 2.05) is 59.5 Å². The van der Waals surface area contributed by atoms with E-state index in [4.69, 9.17) is 14.8 Å². The minimum atomic E-state index is -0.169. The van der Waals surface area contributed by atoms with Crippen molar-refractivity contribution in [2.75, 3.05) is 39.8 Å². The molecule has 0 radical (unpaired) electrons. The second-order valence-electron chi connectivity index (χ2n) is 10.7. The fourth-order valence-corrected chi connectivity index (χ4v) is 4.69. The van der Waals surface area contributed by atoms with Crippen LogP contribution >= 0.6 is 0 Å². The molecule has 0 aliphatic carbocycles. The van der Waals surface area contributed by atoms with Gasteiger partial charge in [-0.05, 0) is 23.8 Å². The standard InChI is InChI=1S/C31H35N5O2/c1-31(2,3)28-22-29-32-25(24-14-8-9-15-27(24)38-4)21-26(36(29)33-28)30(37)35-19-17-34(18-20-35)16-10-13-23-11-6-5-7-12-23/h5-15,21-22H,16-20H2,1-4H3/b13-10+. The molecule has 0 N–H and O–H groups in total. The Balaban J connectivity index is 1.40. The third-order valence-corrected chi connectivity index (χ3v) is 6.93. The van der Waals surface area contributed by atoms with Gasteiger partial charge in [-0.3, -0.25) is 9.69 Å². The average Bonchev–Trinajstić information content (AvgIpc) is 3.38. The Hall–Kier alpha value is -3.97. The third kappa shape index (κ3) is 5.48. The maximum absolute atomic E-state index is 13.9. The highest BCUT2D eigenvalue weighted by molar-refractivity contribution is 5.94. The summed E-state index contributed by atoms with van der Waals surface area (Å²) in [7, 11) is 1.65. The molecule has 0 atom stereocenters.